The van der Waals surface area contributed by atoms with Crippen LogP contribution in [0.25, 0.3) is 0 Å². The molecule has 110 valence electrons. The predicted molar refractivity (Wildman–Crippen MR) is 92.0 cm³/mol. The van der Waals surface area contributed by atoms with Crippen molar-refractivity contribution in [2.45, 2.75) is 6.54 Å². The Bertz CT molecular complexity index is 677. The zero-order valence-electron chi connectivity index (χ0n) is 11.1. The Morgan fingerprint density at radius 2 is 1.95 bits per heavy atom. The van der Waals surface area contributed by atoms with Gasteiger partial charge in [-0.1, -0.05) is 17.7 Å². The number of rotatable bonds is 4. The third kappa shape index (κ3) is 4.22. The normalized spacial score (nSPS) is 10.3. The SMILES string of the molecule is COC(=O)c1ccc(Cl)cc1NCc1ccc(Br)c(Br)c1. The summed E-state index contributed by atoms with van der Waals surface area (Å²) in [7, 11) is 1.35. The molecule has 0 amide bonds. The lowest BCUT2D eigenvalue weighted by Gasteiger charge is -2.12. The summed E-state index contributed by atoms with van der Waals surface area (Å²) in [5, 5.41) is 3.77. The minimum absolute atomic E-state index is 0.397. The van der Waals surface area contributed by atoms with E-state index in [1.807, 2.05) is 18.2 Å². The molecule has 0 fully saturated rings. The van der Waals surface area contributed by atoms with E-state index in [-0.39, 0.29) is 0 Å². The first-order valence-corrected chi connectivity index (χ1v) is 8.03. The van der Waals surface area contributed by atoms with Gasteiger partial charge < -0.3 is 10.1 Å². The quantitative estimate of drug-likeness (QED) is 0.668. The number of nitrogens with one attached hydrogen (secondary N) is 1. The van der Waals surface area contributed by atoms with Crippen molar-refractivity contribution < 1.29 is 9.53 Å². The highest BCUT2D eigenvalue weighted by molar-refractivity contribution is 9.13. The Kier molecular flexibility index (Phi) is 5.67. The molecule has 0 bridgehead atoms. The third-order valence-corrected chi connectivity index (χ3v) is 4.97. The molecule has 0 saturated heterocycles. The van der Waals surface area contributed by atoms with Crippen LogP contribution in [0.2, 0.25) is 5.02 Å². The number of carbonyl (C=O) groups excluding carboxylic acids is 1. The fraction of sp³-hybridized carbons (Fsp3) is 0.133. The number of hydrogen-bond acceptors (Lipinski definition) is 3. The van der Waals surface area contributed by atoms with Crippen LogP contribution in [-0.2, 0) is 11.3 Å². The van der Waals surface area contributed by atoms with Crippen molar-refractivity contribution in [3.8, 4) is 0 Å². The van der Waals surface area contributed by atoms with Crippen LogP contribution >= 0.6 is 43.5 Å². The lowest BCUT2D eigenvalue weighted by Crippen LogP contribution is -2.08. The van der Waals surface area contributed by atoms with Crippen molar-refractivity contribution in [1.29, 1.82) is 0 Å². The van der Waals surface area contributed by atoms with E-state index in [0.29, 0.717) is 22.8 Å². The van der Waals surface area contributed by atoms with Gasteiger partial charge in [-0.05, 0) is 67.8 Å². The molecule has 0 atom stereocenters. The molecule has 0 heterocycles. The number of halogens is 3. The van der Waals surface area contributed by atoms with Crippen LogP contribution in [0.15, 0.2) is 45.3 Å². The van der Waals surface area contributed by atoms with Crippen molar-refractivity contribution >= 4 is 55.1 Å². The van der Waals surface area contributed by atoms with Crippen molar-refractivity contribution in [3.05, 3.63) is 61.5 Å². The number of hydrogen-bond donors (Lipinski definition) is 1. The van der Waals surface area contributed by atoms with Crippen LogP contribution in [0.4, 0.5) is 5.69 Å². The van der Waals surface area contributed by atoms with E-state index in [1.165, 1.54) is 7.11 Å². The number of anilines is 1. The van der Waals surface area contributed by atoms with E-state index in [0.717, 1.165) is 14.5 Å². The monoisotopic (exact) mass is 431 g/mol. The highest BCUT2D eigenvalue weighted by atomic mass is 79.9. The van der Waals surface area contributed by atoms with Crippen LogP contribution in [0.5, 0.6) is 0 Å². The Balaban J connectivity index is 2.20. The van der Waals surface area contributed by atoms with Crippen LogP contribution < -0.4 is 5.32 Å². The van der Waals surface area contributed by atoms with E-state index in [9.17, 15) is 4.79 Å². The van der Waals surface area contributed by atoms with Gasteiger partial charge in [0.05, 0.1) is 18.4 Å². The number of carbonyl (C=O) groups is 1. The second kappa shape index (κ2) is 7.29. The highest BCUT2D eigenvalue weighted by Crippen LogP contribution is 2.26. The molecule has 0 saturated carbocycles. The summed E-state index contributed by atoms with van der Waals surface area (Å²) in [4.78, 5) is 11.7. The number of ether oxygens (including phenoxy) is 1. The topological polar surface area (TPSA) is 38.3 Å². The van der Waals surface area contributed by atoms with Crippen molar-refractivity contribution in [2.24, 2.45) is 0 Å². The molecule has 2 aromatic carbocycles. The molecule has 0 aliphatic rings. The molecule has 0 aliphatic heterocycles. The third-order valence-electron chi connectivity index (χ3n) is 2.85. The van der Waals surface area contributed by atoms with E-state index >= 15 is 0 Å². The van der Waals surface area contributed by atoms with Gasteiger partial charge in [-0.3, -0.25) is 0 Å². The maximum atomic E-state index is 11.7. The molecule has 2 rings (SSSR count). The van der Waals surface area contributed by atoms with Crippen LogP contribution in [-0.4, -0.2) is 13.1 Å². The predicted octanol–water partition coefficient (Wildman–Crippen LogP) is 5.26. The number of methoxy groups -OCH3 is 1. The maximum absolute atomic E-state index is 11.7. The Hall–Kier alpha value is -1.04. The Morgan fingerprint density at radius 3 is 2.62 bits per heavy atom. The van der Waals surface area contributed by atoms with Crippen molar-refractivity contribution in [3.63, 3.8) is 0 Å². The summed E-state index contributed by atoms with van der Waals surface area (Å²) >= 11 is 12.9. The molecule has 6 heteroatoms. The lowest BCUT2D eigenvalue weighted by molar-refractivity contribution is 0.0602. The Labute approximate surface area is 144 Å². The summed E-state index contributed by atoms with van der Waals surface area (Å²) in [5.74, 6) is -0.397. The van der Waals surface area contributed by atoms with Crippen molar-refractivity contribution in [1.82, 2.24) is 0 Å². The standard InChI is InChI=1S/C15H12Br2ClNO2/c1-21-15(20)11-4-3-10(18)7-14(11)19-8-9-2-5-12(16)13(17)6-9/h2-7,19H,8H2,1H3. The van der Waals surface area contributed by atoms with Gasteiger partial charge in [0.2, 0.25) is 0 Å². The van der Waals surface area contributed by atoms with Crippen LogP contribution in [0.1, 0.15) is 15.9 Å². The summed E-state index contributed by atoms with van der Waals surface area (Å²) in [6.07, 6.45) is 0. The van der Waals surface area contributed by atoms with E-state index < -0.39 is 5.97 Å². The highest BCUT2D eigenvalue weighted by Gasteiger charge is 2.12. The average molecular weight is 434 g/mol. The van der Waals surface area contributed by atoms with E-state index in [2.05, 4.69) is 37.2 Å². The first kappa shape index (κ1) is 16.3. The van der Waals surface area contributed by atoms with Gasteiger partial charge in [-0.2, -0.15) is 0 Å². The Morgan fingerprint density at radius 1 is 1.19 bits per heavy atom. The molecule has 1 N–H and O–H groups in total. The van der Waals surface area contributed by atoms with Crippen LogP contribution in [0.3, 0.4) is 0 Å². The number of benzene rings is 2. The molecule has 3 nitrogen and oxygen atoms in total. The molecule has 0 unspecified atom stereocenters. The average Bonchev–Trinajstić information content (AvgIpc) is 2.48. The fourth-order valence-corrected chi connectivity index (χ4v) is 2.64. The smallest absolute Gasteiger partial charge is 0.339 e. The molecule has 0 aliphatic carbocycles. The van der Waals surface area contributed by atoms with E-state index in [1.54, 1.807) is 18.2 Å². The van der Waals surface area contributed by atoms with Gasteiger partial charge in [0.15, 0.2) is 0 Å². The molecule has 0 aromatic heterocycles. The minimum atomic E-state index is -0.397. The van der Waals surface area contributed by atoms with Gasteiger partial charge in [-0.15, -0.1) is 0 Å². The minimum Gasteiger partial charge on any atom is -0.465 e. The van der Waals surface area contributed by atoms with Crippen LogP contribution in [0, 0.1) is 0 Å². The summed E-state index contributed by atoms with van der Waals surface area (Å²) in [6, 6.07) is 11.0. The van der Waals surface area contributed by atoms with Gasteiger partial charge in [0, 0.05) is 20.5 Å². The maximum Gasteiger partial charge on any atom is 0.339 e. The largest absolute Gasteiger partial charge is 0.465 e. The van der Waals surface area contributed by atoms with Crippen molar-refractivity contribution in [2.75, 3.05) is 12.4 Å². The molecule has 2 aromatic rings. The van der Waals surface area contributed by atoms with Gasteiger partial charge in [-0.25, -0.2) is 4.79 Å². The summed E-state index contributed by atoms with van der Waals surface area (Å²) in [6.45, 7) is 0.566. The van der Waals surface area contributed by atoms with Gasteiger partial charge in [0.25, 0.3) is 0 Å². The summed E-state index contributed by atoms with van der Waals surface area (Å²) < 4.78 is 6.73. The zero-order valence-corrected chi connectivity index (χ0v) is 15.0. The molecule has 21 heavy (non-hydrogen) atoms. The lowest BCUT2D eigenvalue weighted by atomic mass is 10.1. The molecule has 0 radical (unpaired) electrons. The number of esters is 1. The summed E-state index contributed by atoms with van der Waals surface area (Å²) in [5.41, 5.74) is 2.17. The zero-order chi connectivity index (χ0) is 15.4. The second-order valence-corrected chi connectivity index (χ2v) is 6.43. The van der Waals surface area contributed by atoms with E-state index in [4.69, 9.17) is 16.3 Å². The van der Waals surface area contributed by atoms with Gasteiger partial charge in [0.1, 0.15) is 0 Å². The fourth-order valence-electron chi connectivity index (χ4n) is 1.80. The second-order valence-electron chi connectivity index (χ2n) is 4.28. The first-order valence-electron chi connectivity index (χ1n) is 6.07. The first-order chi connectivity index (χ1) is 10.0. The molecular formula is C15H12Br2ClNO2. The molecular weight excluding hydrogens is 421 g/mol. The molecule has 0 spiro atoms. The van der Waals surface area contributed by atoms with Gasteiger partial charge >= 0.3 is 5.97 Å².